The van der Waals surface area contributed by atoms with E-state index in [-0.39, 0.29) is 46.9 Å². The van der Waals surface area contributed by atoms with Crippen molar-refractivity contribution in [2.75, 3.05) is 5.32 Å². The lowest BCUT2D eigenvalue weighted by atomic mass is 9.71. The van der Waals surface area contributed by atoms with Gasteiger partial charge in [0.2, 0.25) is 5.96 Å². The summed E-state index contributed by atoms with van der Waals surface area (Å²) in [4.78, 5) is 58.5. The van der Waals surface area contributed by atoms with Crippen molar-refractivity contribution >= 4 is 35.4 Å². The van der Waals surface area contributed by atoms with Crippen LogP contribution in [0.1, 0.15) is 96.9 Å². The van der Waals surface area contributed by atoms with Crippen molar-refractivity contribution < 1.29 is 19.2 Å². The number of fused-ring (bicyclic) bond motifs is 1. The van der Waals surface area contributed by atoms with Crippen LogP contribution in [0.4, 0.5) is 10.5 Å². The van der Waals surface area contributed by atoms with Crippen LogP contribution in [0.15, 0.2) is 57.8 Å². The van der Waals surface area contributed by atoms with Crippen molar-refractivity contribution in [1.29, 1.82) is 0 Å². The summed E-state index contributed by atoms with van der Waals surface area (Å²) >= 11 is 0. The van der Waals surface area contributed by atoms with E-state index in [2.05, 4.69) is 41.4 Å². The molecule has 2 aromatic carbocycles. The quantitative estimate of drug-likeness (QED) is 0.105. The number of amides is 5. The molecular weight excluding hydrogens is 548 g/mol. The molecule has 0 aromatic heterocycles. The summed E-state index contributed by atoms with van der Waals surface area (Å²) in [5.74, 6) is 3.88. The molecular formula is C31H40N8O4. The molecule has 5 N–H and O–H groups in total. The Bertz CT molecular complexity index is 1450. The number of aliphatic imine (C=N–C) groups is 1. The molecule has 1 saturated carbocycles. The minimum absolute atomic E-state index is 0.000000598. The van der Waals surface area contributed by atoms with Gasteiger partial charge in [0, 0.05) is 29.9 Å². The average molecular weight is 589 g/mol. The molecule has 2 aromatic rings. The zero-order valence-corrected chi connectivity index (χ0v) is 25.3. The lowest BCUT2D eigenvalue weighted by molar-refractivity contribution is 0.0608. The van der Waals surface area contributed by atoms with Crippen molar-refractivity contribution in [1.82, 2.24) is 9.80 Å². The lowest BCUT2D eigenvalue weighted by Gasteiger charge is -2.41. The van der Waals surface area contributed by atoms with Gasteiger partial charge in [0.25, 0.3) is 17.7 Å². The summed E-state index contributed by atoms with van der Waals surface area (Å²) in [7, 11) is 0. The Hall–Kier alpha value is -4.61. The normalized spacial score (nSPS) is 19.2. The average Bonchev–Trinajstić information content (AvgIpc) is 3.20. The molecule has 0 saturated heterocycles. The molecule has 1 fully saturated rings. The van der Waals surface area contributed by atoms with E-state index in [1.165, 1.54) is 4.90 Å². The van der Waals surface area contributed by atoms with E-state index in [4.69, 9.17) is 11.6 Å². The molecule has 0 radical (unpaired) electrons. The number of nitrogens with one attached hydrogen (secondary N) is 1. The van der Waals surface area contributed by atoms with E-state index < -0.39 is 5.91 Å². The minimum Gasteiger partial charge on any atom is -0.366 e. The molecule has 0 unspecified atom stereocenters. The number of imide groups is 1. The molecule has 1 aliphatic carbocycles. The van der Waals surface area contributed by atoms with Crippen LogP contribution in [-0.4, -0.2) is 51.6 Å². The third-order valence-corrected chi connectivity index (χ3v) is 8.24. The summed E-state index contributed by atoms with van der Waals surface area (Å²) in [6.07, 6.45) is 3.73. The summed E-state index contributed by atoms with van der Waals surface area (Å²) in [6, 6.07) is 11.0. The lowest BCUT2D eigenvalue weighted by Crippen LogP contribution is -2.45. The monoisotopic (exact) mass is 588 g/mol. The van der Waals surface area contributed by atoms with Crippen molar-refractivity contribution in [3.8, 4) is 0 Å². The van der Waals surface area contributed by atoms with Crippen LogP contribution in [0.3, 0.4) is 0 Å². The number of benzene rings is 2. The van der Waals surface area contributed by atoms with Gasteiger partial charge in [-0.3, -0.25) is 19.3 Å². The Morgan fingerprint density at radius 1 is 1.00 bits per heavy atom. The SMILES string of the molecule is CC(C)N1C(=O)c2ccc(NC(=O)N(Cc3ccc(C(=O)N=C(N)/N=N\N)cc3)C3CCC(C(C)(C)C)CC3)cc2C1=O. The first kappa shape index (κ1) is 31.3. The Morgan fingerprint density at radius 2 is 1.63 bits per heavy atom. The number of guanidine groups is 1. The highest BCUT2D eigenvalue weighted by Gasteiger charge is 2.38. The van der Waals surface area contributed by atoms with Crippen LogP contribution in [-0.2, 0) is 6.54 Å². The minimum atomic E-state index is -0.591. The van der Waals surface area contributed by atoms with Crippen molar-refractivity contribution in [2.45, 2.75) is 78.9 Å². The molecule has 5 amide bonds. The highest BCUT2D eigenvalue weighted by molar-refractivity contribution is 6.22. The second kappa shape index (κ2) is 12.7. The fraction of sp³-hybridized carbons (Fsp3) is 0.452. The van der Waals surface area contributed by atoms with Crippen molar-refractivity contribution in [3.63, 3.8) is 0 Å². The van der Waals surface area contributed by atoms with Crippen LogP contribution < -0.4 is 16.9 Å². The third-order valence-electron chi connectivity index (χ3n) is 8.24. The second-order valence-corrected chi connectivity index (χ2v) is 12.5. The van der Waals surface area contributed by atoms with Gasteiger partial charge in [-0.1, -0.05) is 43.2 Å². The number of carbonyl (C=O) groups excluding carboxylic acids is 4. The van der Waals surface area contributed by atoms with E-state index in [9.17, 15) is 19.2 Å². The van der Waals surface area contributed by atoms with E-state index in [0.717, 1.165) is 31.2 Å². The molecule has 1 aliphatic heterocycles. The van der Waals surface area contributed by atoms with Crippen LogP contribution in [0.5, 0.6) is 0 Å². The Morgan fingerprint density at radius 3 is 2.21 bits per heavy atom. The van der Waals surface area contributed by atoms with Crippen molar-refractivity contribution in [2.24, 2.45) is 38.2 Å². The maximum atomic E-state index is 13.8. The maximum absolute atomic E-state index is 13.8. The van der Waals surface area contributed by atoms with E-state index in [1.807, 2.05) is 4.90 Å². The van der Waals surface area contributed by atoms with E-state index in [0.29, 0.717) is 29.3 Å². The number of nitrogens with two attached hydrogens (primary N) is 2. The number of anilines is 1. The molecule has 12 nitrogen and oxygen atoms in total. The molecule has 0 atom stereocenters. The van der Waals surface area contributed by atoms with Crippen LogP contribution in [0.25, 0.3) is 0 Å². The molecule has 1 heterocycles. The topological polar surface area (TPSA) is 176 Å². The first-order chi connectivity index (χ1) is 20.3. The van der Waals surface area contributed by atoms with Crippen LogP contribution >= 0.6 is 0 Å². The Balaban J connectivity index is 1.55. The van der Waals surface area contributed by atoms with E-state index >= 15 is 0 Å². The number of carbonyl (C=O) groups is 4. The number of rotatable bonds is 6. The van der Waals surface area contributed by atoms with Gasteiger partial charge >= 0.3 is 6.03 Å². The van der Waals surface area contributed by atoms with Crippen LogP contribution in [0.2, 0.25) is 0 Å². The first-order valence-electron chi connectivity index (χ1n) is 14.5. The molecule has 0 bridgehead atoms. The Labute approximate surface area is 251 Å². The smallest absolute Gasteiger partial charge is 0.322 e. The molecule has 0 spiro atoms. The molecule has 12 heteroatoms. The highest BCUT2D eigenvalue weighted by Crippen LogP contribution is 2.39. The summed E-state index contributed by atoms with van der Waals surface area (Å²) < 4.78 is 0. The molecule has 2 aliphatic rings. The van der Waals surface area contributed by atoms with Crippen molar-refractivity contribution in [3.05, 3.63) is 64.7 Å². The predicted molar refractivity (Wildman–Crippen MR) is 163 cm³/mol. The van der Waals surface area contributed by atoms with Gasteiger partial charge in [0.1, 0.15) is 0 Å². The van der Waals surface area contributed by atoms with Gasteiger partial charge in [-0.15, -0.1) is 0 Å². The zero-order chi connectivity index (χ0) is 31.5. The molecule has 43 heavy (non-hydrogen) atoms. The van der Waals surface area contributed by atoms with Gasteiger partial charge < -0.3 is 21.8 Å². The fourth-order valence-corrected chi connectivity index (χ4v) is 5.82. The first-order valence-corrected chi connectivity index (χ1v) is 14.5. The van der Waals surface area contributed by atoms with Crippen LogP contribution in [0, 0.1) is 11.3 Å². The van der Waals surface area contributed by atoms with Gasteiger partial charge in [0.15, 0.2) is 0 Å². The zero-order valence-electron chi connectivity index (χ0n) is 25.3. The van der Waals surface area contributed by atoms with Gasteiger partial charge in [0.05, 0.1) is 11.1 Å². The number of urea groups is 1. The van der Waals surface area contributed by atoms with Gasteiger partial charge in [-0.25, -0.2) is 4.79 Å². The molecule has 228 valence electrons. The number of nitrogens with zero attached hydrogens (tertiary/aromatic N) is 5. The fourth-order valence-electron chi connectivity index (χ4n) is 5.82. The maximum Gasteiger partial charge on any atom is 0.322 e. The summed E-state index contributed by atoms with van der Waals surface area (Å²) in [6.45, 7) is 10.6. The molecule has 4 rings (SSSR count). The second-order valence-electron chi connectivity index (χ2n) is 12.5. The highest BCUT2D eigenvalue weighted by atomic mass is 16.2. The number of hydrogen-bond acceptors (Lipinski definition) is 5. The Kier molecular flexibility index (Phi) is 9.27. The predicted octanol–water partition coefficient (Wildman–Crippen LogP) is 5.11. The largest absolute Gasteiger partial charge is 0.366 e. The van der Waals surface area contributed by atoms with Gasteiger partial charge in [-0.05, 0) is 86.8 Å². The summed E-state index contributed by atoms with van der Waals surface area (Å²) in [5, 5.41) is 9.31. The third kappa shape index (κ3) is 7.07. The summed E-state index contributed by atoms with van der Waals surface area (Å²) in [5.41, 5.74) is 7.87. The number of hydrogen-bond donors (Lipinski definition) is 3. The van der Waals surface area contributed by atoms with E-state index in [1.54, 1.807) is 56.3 Å². The van der Waals surface area contributed by atoms with Gasteiger partial charge in [-0.2, -0.15) is 4.99 Å². The standard InChI is InChI=1S/C31H40N8O4/c1-18(2)39-27(41)24-15-12-22(16-25(24)28(39)42)34-30(43)38(23-13-10-21(11-14-23)31(3,4)5)17-19-6-8-20(9-7-19)26(40)35-29(32)36-37-33/h6-9,12,15-16,18,21,23H,10-11,13-14,17H2,1-5H3,(H,34,43)(H4,32,33,35,36,40).